The first-order chi connectivity index (χ1) is 15.7. The van der Waals surface area contributed by atoms with Gasteiger partial charge in [0, 0.05) is 26.2 Å². The van der Waals surface area contributed by atoms with Gasteiger partial charge in [-0.05, 0) is 35.4 Å². The molecular weight excluding hydrogens is 407 g/mol. The van der Waals surface area contributed by atoms with E-state index in [1.54, 1.807) is 30.3 Å². The van der Waals surface area contributed by atoms with Crippen LogP contribution >= 0.6 is 0 Å². The second kappa shape index (κ2) is 10.9. The van der Waals surface area contributed by atoms with E-state index in [0.717, 1.165) is 25.2 Å². The van der Waals surface area contributed by atoms with Crippen LogP contribution in [0.3, 0.4) is 0 Å². The first kappa shape index (κ1) is 22.0. The Labute approximate surface area is 187 Å². The summed E-state index contributed by atoms with van der Waals surface area (Å²) in [5.74, 6) is -0.00567. The fourth-order valence-electron chi connectivity index (χ4n) is 3.71. The van der Waals surface area contributed by atoms with Crippen molar-refractivity contribution in [3.8, 4) is 5.75 Å². The van der Waals surface area contributed by atoms with Crippen molar-refractivity contribution in [2.24, 2.45) is 0 Å². The summed E-state index contributed by atoms with van der Waals surface area (Å²) in [7, 11) is 0. The van der Waals surface area contributed by atoms with E-state index in [-0.39, 0.29) is 24.4 Å². The minimum atomic E-state index is -0.291. The van der Waals surface area contributed by atoms with Crippen molar-refractivity contribution in [2.75, 3.05) is 26.2 Å². The van der Waals surface area contributed by atoms with Gasteiger partial charge in [-0.25, -0.2) is 4.39 Å². The predicted octanol–water partition coefficient (Wildman–Crippen LogP) is 4.04. The van der Waals surface area contributed by atoms with Gasteiger partial charge in [0.2, 0.25) is 0 Å². The molecule has 1 fully saturated rings. The molecule has 1 N–H and O–H groups in total. The first-order valence-electron chi connectivity index (χ1n) is 10.8. The van der Waals surface area contributed by atoms with Gasteiger partial charge in [0.1, 0.15) is 18.2 Å². The van der Waals surface area contributed by atoms with E-state index in [0.29, 0.717) is 24.5 Å². The van der Waals surface area contributed by atoms with Gasteiger partial charge >= 0.3 is 0 Å². The number of carbonyl (C=O) groups is 1. The van der Waals surface area contributed by atoms with Gasteiger partial charge < -0.3 is 14.8 Å². The highest BCUT2D eigenvalue weighted by Gasteiger charge is 2.22. The second-order valence-corrected chi connectivity index (χ2v) is 7.83. The maximum atomic E-state index is 13.1. The summed E-state index contributed by atoms with van der Waals surface area (Å²) in [6.45, 7) is 3.83. The van der Waals surface area contributed by atoms with Gasteiger partial charge in [-0.1, -0.05) is 54.6 Å². The molecular formula is C26H27FN2O3. The average molecular weight is 435 g/mol. The Balaban J connectivity index is 1.30. The number of ether oxygens (including phenoxy) is 2. The molecule has 1 amide bonds. The van der Waals surface area contributed by atoms with Crippen LogP contribution in [0.5, 0.6) is 5.75 Å². The summed E-state index contributed by atoms with van der Waals surface area (Å²) in [6.07, 6.45) is -0.0660. The van der Waals surface area contributed by atoms with Crippen LogP contribution in [0.4, 0.5) is 4.39 Å². The van der Waals surface area contributed by atoms with Crippen molar-refractivity contribution < 1.29 is 18.7 Å². The van der Waals surface area contributed by atoms with Crippen LogP contribution in [-0.2, 0) is 17.9 Å². The molecule has 1 atom stereocenters. The van der Waals surface area contributed by atoms with Crippen LogP contribution in [0.1, 0.15) is 21.5 Å². The topological polar surface area (TPSA) is 50.8 Å². The number of halogens is 1. The Kier molecular flexibility index (Phi) is 7.48. The molecule has 1 heterocycles. The summed E-state index contributed by atoms with van der Waals surface area (Å²) >= 11 is 0. The number of hydrogen-bond donors (Lipinski definition) is 1. The number of nitrogens with zero attached hydrogens (tertiary/aromatic N) is 1. The number of hydrogen-bond acceptors (Lipinski definition) is 4. The summed E-state index contributed by atoms with van der Waals surface area (Å²) in [6, 6.07) is 23.6. The zero-order valence-corrected chi connectivity index (χ0v) is 17.9. The van der Waals surface area contributed by atoms with Crippen LogP contribution in [0.15, 0.2) is 78.9 Å². The molecule has 6 heteroatoms. The first-order valence-corrected chi connectivity index (χ1v) is 10.8. The molecule has 1 saturated heterocycles. The van der Waals surface area contributed by atoms with Gasteiger partial charge in [0.25, 0.3) is 5.91 Å². The van der Waals surface area contributed by atoms with Gasteiger partial charge in [-0.15, -0.1) is 0 Å². The van der Waals surface area contributed by atoms with E-state index in [4.69, 9.17) is 9.47 Å². The zero-order chi connectivity index (χ0) is 22.2. The number of rotatable bonds is 8. The second-order valence-electron chi connectivity index (χ2n) is 7.83. The number of nitrogens with one attached hydrogen (secondary N) is 1. The minimum Gasteiger partial charge on any atom is -0.488 e. The molecule has 32 heavy (non-hydrogen) atoms. The molecule has 1 aliphatic rings. The normalized spacial score (nSPS) is 16.5. The van der Waals surface area contributed by atoms with Crippen molar-refractivity contribution in [3.05, 3.63) is 101 Å². The lowest BCUT2D eigenvalue weighted by atomic mass is 10.1. The quantitative estimate of drug-likeness (QED) is 0.582. The number of morpholine rings is 1. The maximum absolute atomic E-state index is 13.1. The molecule has 0 spiro atoms. The largest absolute Gasteiger partial charge is 0.488 e. The highest BCUT2D eigenvalue weighted by Crippen LogP contribution is 2.20. The van der Waals surface area contributed by atoms with E-state index in [1.807, 2.05) is 24.3 Å². The number of amides is 1. The van der Waals surface area contributed by atoms with Crippen LogP contribution in [0.2, 0.25) is 0 Å². The number of benzene rings is 3. The molecule has 3 aromatic rings. The van der Waals surface area contributed by atoms with Crippen molar-refractivity contribution in [1.82, 2.24) is 10.2 Å². The minimum absolute atomic E-state index is 0.0660. The molecule has 0 aliphatic carbocycles. The van der Waals surface area contributed by atoms with Gasteiger partial charge in [0.05, 0.1) is 18.3 Å². The Hall–Kier alpha value is -3.22. The van der Waals surface area contributed by atoms with Gasteiger partial charge in [-0.3, -0.25) is 9.69 Å². The van der Waals surface area contributed by atoms with Crippen molar-refractivity contribution in [1.29, 1.82) is 0 Å². The van der Waals surface area contributed by atoms with Crippen molar-refractivity contribution in [2.45, 2.75) is 19.3 Å². The molecule has 3 aromatic carbocycles. The maximum Gasteiger partial charge on any atom is 0.255 e. The van der Waals surface area contributed by atoms with E-state index < -0.39 is 0 Å². The molecule has 1 aliphatic heterocycles. The van der Waals surface area contributed by atoms with Gasteiger partial charge in [0.15, 0.2) is 0 Å². The van der Waals surface area contributed by atoms with E-state index >= 15 is 0 Å². The van der Waals surface area contributed by atoms with Crippen molar-refractivity contribution in [3.63, 3.8) is 0 Å². The fraction of sp³-hybridized carbons (Fsp3) is 0.269. The molecule has 166 valence electrons. The van der Waals surface area contributed by atoms with E-state index in [2.05, 4.69) is 22.3 Å². The Bertz CT molecular complexity index is 1010. The average Bonchev–Trinajstić information content (AvgIpc) is 2.83. The number of para-hydroxylation sites is 1. The molecule has 0 saturated carbocycles. The highest BCUT2D eigenvalue weighted by atomic mass is 19.1. The lowest BCUT2D eigenvalue weighted by Crippen LogP contribution is -2.47. The van der Waals surface area contributed by atoms with Gasteiger partial charge in [-0.2, -0.15) is 0 Å². The molecule has 0 bridgehead atoms. The zero-order valence-electron chi connectivity index (χ0n) is 17.9. The monoisotopic (exact) mass is 434 g/mol. The van der Waals surface area contributed by atoms with Crippen LogP contribution in [0.25, 0.3) is 0 Å². The fourth-order valence-corrected chi connectivity index (χ4v) is 3.71. The molecule has 4 rings (SSSR count). The third-order valence-corrected chi connectivity index (χ3v) is 5.40. The summed E-state index contributed by atoms with van der Waals surface area (Å²) in [4.78, 5) is 15.2. The lowest BCUT2D eigenvalue weighted by molar-refractivity contribution is -0.0292. The predicted molar refractivity (Wildman–Crippen MR) is 121 cm³/mol. The SMILES string of the molecule is O=C(NCC1CN(Cc2ccccc2)CCO1)c1ccccc1OCc1ccc(F)cc1. The third kappa shape index (κ3) is 6.15. The Morgan fingerprint density at radius 3 is 2.56 bits per heavy atom. The molecule has 0 aromatic heterocycles. The van der Waals surface area contributed by atoms with Crippen LogP contribution in [-0.4, -0.2) is 43.2 Å². The Morgan fingerprint density at radius 1 is 1.00 bits per heavy atom. The van der Waals surface area contributed by atoms with Crippen LogP contribution < -0.4 is 10.1 Å². The summed E-state index contributed by atoms with van der Waals surface area (Å²) in [5, 5.41) is 2.98. The molecule has 0 radical (unpaired) electrons. The Morgan fingerprint density at radius 2 is 1.75 bits per heavy atom. The van der Waals surface area contributed by atoms with E-state index in [9.17, 15) is 9.18 Å². The van der Waals surface area contributed by atoms with Crippen molar-refractivity contribution >= 4 is 5.91 Å². The summed E-state index contributed by atoms with van der Waals surface area (Å²) < 4.78 is 24.8. The molecule has 1 unspecified atom stereocenters. The number of carbonyl (C=O) groups excluding carboxylic acids is 1. The summed E-state index contributed by atoms with van der Waals surface area (Å²) in [5.41, 5.74) is 2.56. The third-order valence-electron chi connectivity index (χ3n) is 5.40. The highest BCUT2D eigenvalue weighted by molar-refractivity contribution is 5.96. The van der Waals surface area contributed by atoms with E-state index in [1.165, 1.54) is 17.7 Å². The molecule has 5 nitrogen and oxygen atoms in total. The smallest absolute Gasteiger partial charge is 0.255 e. The lowest BCUT2D eigenvalue weighted by Gasteiger charge is -2.33. The van der Waals surface area contributed by atoms with Crippen LogP contribution in [0, 0.1) is 5.82 Å². The standard InChI is InChI=1S/C26H27FN2O3/c27-22-12-10-21(11-13-22)19-32-25-9-5-4-8-24(25)26(30)28-16-23-18-29(14-15-31-23)17-20-6-2-1-3-7-20/h1-13,23H,14-19H2,(H,28,30).